The molecule has 0 spiro atoms. The van der Waals surface area contributed by atoms with Crippen LogP contribution in [0.15, 0.2) is 34.8 Å². The minimum absolute atomic E-state index is 0.270. The van der Waals surface area contributed by atoms with Crippen molar-refractivity contribution in [2.24, 2.45) is 0 Å². The first-order valence-corrected chi connectivity index (χ1v) is 7.19. The lowest BCUT2D eigenvalue weighted by molar-refractivity contribution is 0.569. The van der Waals surface area contributed by atoms with Crippen LogP contribution in [0.2, 0.25) is 5.02 Å². The average molecular weight is 361 g/mol. The molecular weight excluding hydrogens is 348 g/mol. The summed E-state index contributed by atoms with van der Waals surface area (Å²) in [5, 5.41) is 3.29. The fourth-order valence-corrected chi connectivity index (χ4v) is 2.76. The molecule has 0 aliphatic heterocycles. The Hall–Kier alpha value is -0.970. The summed E-state index contributed by atoms with van der Waals surface area (Å²) < 4.78 is 28.1. The third-order valence-electron chi connectivity index (χ3n) is 3.17. The highest BCUT2D eigenvalue weighted by Crippen LogP contribution is 2.33. The summed E-state index contributed by atoms with van der Waals surface area (Å²) in [5.74, 6) is -0.729. The van der Waals surface area contributed by atoms with Crippen molar-refractivity contribution in [1.82, 2.24) is 5.32 Å². The van der Waals surface area contributed by atoms with Crippen molar-refractivity contribution >= 4 is 27.5 Å². The molecule has 0 heterocycles. The number of benzene rings is 2. The Morgan fingerprint density at radius 1 is 1.20 bits per heavy atom. The molecule has 0 aromatic heterocycles. The van der Waals surface area contributed by atoms with Crippen LogP contribution in [0.3, 0.4) is 0 Å². The van der Waals surface area contributed by atoms with E-state index in [0.29, 0.717) is 21.2 Å². The van der Waals surface area contributed by atoms with E-state index >= 15 is 0 Å². The van der Waals surface area contributed by atoms with Crippen LogP contribution < -0.4 is 5.32 Å². The first-order chi connectivity index (χ1) is 9.45. The summed E-state index contributed by atoms with van der Waals surface area (Å²) >= 11 is 9.27. The number of nitrogens with one attached hydrogen (secondary N) is 1. The minimum Gasteiger partial charge on any atom is -0.309 e. The standard InChI is InChI=1S/C15H13BrClF2N/c1-8-6-10(12(17)7-13(8)18)15(20-2)9-4-3-5-11(16)14(9)19/h3-7,15,20H,1-2H3. The van der Waals surface area contributed by atoms with E-state index in [-0.39, 0.29) is 16.7 Å². The van der Waals surface area contributed by atoms with Gasteiger partial charge < -0.3 is 5.32 Å². The molecule has 0 saturated heterocycles. The summed E-state index contributed by atoms with van der Waals surface area (Å²) in [6.45, 7) is 1.65. The van der Waals surface area contributed by atoms with Crippen molar-refractivity contribution < 1.29 is 8.78 Å². The Morgan fingerprint density at radius 3 is 2.55 bits per heavy atom. The van der Waals surface area contributed by atoms with Gasteiger partial charge in [-0.05, 0) is 59.2 Å². The minimum atomic E-state index is -0.445. The van der Waals surface area contributed by atoms with E-state index in [9.17, 15) is 8.78 Å². The maximum Gasteiger partial charge on any atom is 0.142 e. The lowest BCUT2D eigenvalue weighted by Crippen LogP contribution is -2.20. The van der Waals surface area contributed by atoms with Gasteiger partial charge in [-0.15, -0.1) is 0 Å². The van der Waals surface area contributed by atoms with E-state index in [4.69, 9.17) is 11.6 Å². The molecule has 20 heavy (non-hydrogen) atoms. The van der Waals surface area contributed by atoms with Gasteiger partial charge in [0.25, 0.3) is 0 Å². The normalized spacial score (nSPS) is 12.5. The van der Waals surface area contributed by atoms with Gasteiger partial charge in [0.2, 0.25) is 0 Å². The second-order valence-corrected chi connectivity index (χ2v) is 5.75. The van der Waals surface area contributed by atoms with Crippen LogP contribution in [0.25, 0.3) is 0 Å². The fourth-order valence-electron chi connectivity index (χ4n) is 2.12. The summed E-state index contributed by atoms with van der Waals surface area (Å²) in [7, 11) is 1.71. The van der Waals surface area contributed by atoms with E-state index in [0.717, 1.165) is 0 Å². The number of halogens is 4. The Labute approximate surface area is 130 Å². The molecule has 2 aromatic rings. The van der Waals surface area contributed by atoms with E-state index in [1.54, 1.807) is 38.2 Å². The molecule has 1 atom stereocenters. The Balaban J connectivity index is 2.58. The molecule has 2 aromatic carbocycles. The van der Waals surface area contributed by atoms with Crippen LogP contribution in [-0.4, -0.2) is 7.05 Å². The SMILES string of the molecule is CNC(c1cc(C)c(F)cc1Cl)c1cccc(Br)c1F. The van der Waals surface area contributed by atoms with Crippen molar-refractivity contribution in [3.8, 4) is 0 Å². The van der Waals surface area contributed by atoms with Gasteiger partial charge >= 0.3 is 0 Å². The highest BCUT2D eigenvalue weighted by Gasteiger charge is 2.21. The Morgan fingerprint density at radius 2 is 1.90 bits per heavy atom. The molecule has 0 radical (unpaired) electrons. The molecule has 106 valence electrons. The van der Waals surface area contributed by atoms with Gasteiger partial charge in [-0.2, -0.15) is 0 Å². The van der Waals surface area contributed by atoms with Crippen molar-refractivity contribution in [2.45, 2.75) is 13.0 Å². The van der Waals surface area contributed by atoms with Gasteiger partial charge in [0.05, 0.1) is 10.5 Å². The van der Waals surface area contributed by atoms with Crippen molar-refractivity contribution in [1.29, 1.82) is 0 Å². The van der Waals surface area contributed by atoms with Crippen LogP contribution in [0.4, 0.5) is 8.78 Å². The van der Waals surface area contributed by atoms with E-state index in [2.05, 4.69) is 21.2 Å². The zero-order chi connectivity index (χ0) is 14.9. The van der Waals surface area contributed by atoms with Crippen LogP contribution >= 0.6 is 27.5 Å². The second kappa shape index (κ2) is 6.20. The molecule has 0 amide bonds. The zero-order valence-electron chi connectivity index (χ0n) is 11.0. The summed E-state index contributed by atoms with van der Waals surface area (Å²) in [5.41, 5.74) is 1.57. The number of aryl methyl sites for hydroxylation is 1. The average Bonchev–Trinajstić information content (AvgIpc) is 2.41. The van der Waals surface area contributed by atoms with Crippen LogP contribution in [0.1, 0.15) is 22.7 Å². The maximum absolute atomic E-state index is 14.2. The predicted octanol–water partition coefficient (Wildman–Crippen LogP) is 5.00. The highest BCUT2D eigenvalue weighted by molar-refractivity contribution is 9.10. The van der Waals surface area contributed by atoms with Gasteiger partial charge in [0.1, 0.15) is 11.6 Å². The van der Waals surface area contributed by atoms with Crippen LogP contribution in [0.5, 0.6) is 0 Å². The molecule has 2 rings (SSSR count). The summed E-state index contributed by atoms with van der Waals surface area (Å²) in [4.78, 5) is 0. The number of rotatable bonds is 3. The molecule has 0 aliphatic carbocycles. The van der Waals surface area contributed by atoms with Gasteiger partial charge in [-0.1, -0.05) is 23.7 Å². The first kappa shape index (κ1) is 15.4. The van der Waals surface area contributed by atoms with Gasteiger partial charge in [0.15, 0.2) is 0 Å². The largest absolute Gasteiger partial charge is 0.309 e. The number of hydrogen-bond acceptors (Lipinski definition) is 1. The monoisotopic (exact) mass is 359 g/mol. The Bertz CT molecular complexity index is 646. The van der Waals surface area contributed by atoms with E-state index in [1.165, 1.54) is 6.07 Å². The van der Waals surface area contributed by atoms with Crippen LogP contribution in [-0.2, 0) is 0 Å². The molecular formula is C15H13BrClF2N. The van der Waals surface area contributed by atoms with Crippen LogP contribution in [0, 0.1) is 18.6 Å². The van der Waals surface area contributed by atoms with Crippen molar-refractivity contribution in [3.63, 3.8) is 0 Å². The molecule has 1 N–H and O–H groups in total. The number of hydrogen-bond donors (Lipinski definition) is 1. The van der Waals surface area contributed by atoms with E-state index in [1.807, 2.05) is 0 Å². The Kier molecular flexibility index (Phi) is 4.78. The lowest BCUT2D eigenvalue weighted by Gasteiger charge is -2.20. The van der Waals surface area contributed by atoms with Crippen molar-refractivity contribution in [2.75, 3.05) is 7.05 Å². The third-order valence-corrected chi connectivity index (χ3v) is 4.11. The van der Waals surface area contributed by atoms with Gasteiger partial charge in [0, 0.05) is 10.6 Å². The predicted molar refractivity (Wildman–Crippen MR) is 81.1 cm³/mol. The topological polar surface area (TPSA) is 12.0 Å². The fraction of sp³-hybridized carbons (Fsp3) is 0.200. The van der Waals surface area contributed by atoms with E-state index < -0.39 is 6.04 Å². The molecule has 1 unspecified atom stereocenters. The van der Waals surface area contributed by atoms with Gasteiger partial charge in [-0.25, -0.2) is 8.78 Å². The molecule has 0 fully saturated rings. The quantitative estimate of drug-likeness (QED) is 0.812. The second-order valence-electron chi connectivity index (χ2n) is 4.49. The third kappa shape index (κ3) is 2.87. The zero-order valence-corrected chi connectivity index (χ0v) is 13.3. The lowest BCUT2D eigenvalue weighted by atomic mass is 9.96. The molecule has 0 bridgehead atoms. The maximum atomic E-state index is 14.2. The highest BCUT2D eigenvalue weighted by atomic mass is 79.9. The summed E-state index contributed by atoms with van der Waals surface area (Å²) in [6, 6.07) is 7.50. The first-order valence-electron chi connectivity index (χ1n) is 6.02. The summed E-state index contributed by atoms with van der Waals surface area (Å²) in [6.07, 6.45) is 0. The molecule has 0 aliphatic rings. The molecule has 1 nitrogen and oxygen atoms in total. The van der Waals surface area contributed by atoms with Gasteiger partial charge in [-0.3, -0.25) is 0 Å². The molecule has 0 saturated carbocycles. The van der Waals surface area contributed by atoms with Crippen molar-refractivity contribution in [3.05, 3.63) is 68.2 Å². The smallest absolute Gasteiger partial charge is 0.142 e. The molecule has 5 heteroatoms.